The summed E-state index contributed by atoms with van der Waals surface area (Å²) in [4.78, 5) is 16.5. The largest absolute Gasteiger partial charge is 0.506 e. The Morgan fingerprint density at radius 1 is 1.17 bits per heavy atom. The standard InChI is InChI=1S/C18H23N2O3P/c1-18(2,3)13-6-7-15(21)14(11-13)20-17(22)12-8-9-19-16(10-12)24(4,5)23/h6-11,21H,1-5H3,(H,20,22). The van der Waals surface area contributed by atoms with Crippen molar-refractivity contribution in [3.8, 4) is 5.75 Å². The highest BCUT2D eigenvalue weighted by atomic mass is 31.2. The third-order valence-corrected chi connectivity index (χ3v) is 5.02. The molecule has 0 bridgehead atoms. The van der Waals surface area contributed by atoms with E-state index in [1.807, 2.05) is 6.07 Å². The molecule has 0 spiro atoms. The van der Waals surface area contributed by atoms with Gasteiger partial charge in [0.05, 0.1) is 5.69 Å². The number of amides is 1. The molecule has 0 saturated heterocycles. The summed E-state index contributed by atoms with van der Waals surface area (Å²) in [5, 5.41) is 12.7. The predicted molar refractivity (Wildman–Crippen MR) is 98.1 cm³/mol. The average molecular weight is 346 g/mol. The lowest BCUT2D eigenvalue weighted by Gasteiger charge is -2.20. The maximum absolute atomic E-state index is 12.5. The summed E-state index contributed by atoms with van der Waals surface area (Å²) in [5.41, 5.74) is 2.00. The molecule has 128 valence electrons. The molecule has 0 saturated carbocycles. The Kier molecular flexibility index (Phi) is 4.86. The van der Waals surface area contributed by atoms with E-state index in [1.165, 1.54) is 12.3 Å². The Bertz CT molecular complexity index is 819. The van der Waals surface area contributed by atoms with E-state index < -0.39 is 7.14 Å². The van der Waals surface area contributed by atoms with Crippen LogP contribution < -0.4 is 10.8 Å². The molecule has 0 radical (unpaired) electrons. The van der Waals surface area contributed by atoms with Gasteiger partial charge in [-0.25, -0.2) is 0 Å². The summed E-state index contributed by atoms with van der Waals surface area (Å²) in [6.07, 6.45) is 1.47. The van der Waals surface area contributed by atoms with Crippen LogP contribution in [-0.2, 0) is 9.98 Å². The van der Waals surface area contributed by atoms with Gasteiger partial charge in [-0.1, -0.05) is 26.8 Å². The first-order valence-corrected chi connectivity index (χ1v) is 10.2. The minimum Gasteiger partial charge on any atom is -0.506 e. The van der Waals surface area contributed by atoms with E-state index in [9.17, 15) is 14.5 Å². The van der Waals surface area contributed by atoms with Crippen LogP contribution in [0.2, 0.25) is 0 Å². The summed E-state index contributed by atoms with van der Waals surface area (Å²) >= 11 is 0. The van der Waals surface area contributed by atoms with E-state index in [2.05, 4.69) is 31.1 Å². The molecule has 1 heterocycles. The number of benzene rings is 1. The zero-order valence-corrected chi connectivity index (χ0v) is 15.5. The van der Waals surface area contributed by atoms with Crippen LogP contribution in [0.5, 0.6) is 5.75 Å². The number of nitrogens with zero attached hydrogens (tertiary/aromatic N) is 1. The molecule has 1 amide bonds. The van der Waals surface area contributed by atoms with Gasteiger partial charge in [-0.3, -0.25) is 9.78 Å². The smallest absolute Gasteiger partial charge is 0.255 e. The Balaban J connectivity index is 2.32. The Hall–Kier alpha value is -2.13. The number of hydrogen-bond acceptors (Lipinski definition) is 4. The predicted octanol–water partition coefficient (Wildman–Crippen LogP) is 3.59. The highest BCUT2D eigenvalue weighted by molar-refractivity contribution is 7.69. The quantitative estimate of drug-likeness (QED) is 0.658. The van der Waals surface area contributed by atoms with E-state index in [1.54, 1.807) is 31.5 Å². The van der Waals surface area contributed by atoms with Gasteiger partial charge < -0.3 is 15.0 Å². The second kappa shape index (κ2) is 6.40. The number of phenolic OH excluding ortho intramolecular Hbond substituents is 1. The number of hydrogen-bond donors (Lipinski definition) is 2. The second-order valence-electron chi connectivity index (χ2n) is 7.19. The zero-order valence-electron chi connectivity index (χ0n) is 14.6. The van der Waals surface area contributed by atoms with Crippen molar-refractivity contribution in [1.82, 2.24) is 4.98 Å². The number of anilines is 1. The molecule has 0 unspecified atom stereocenters. The number of carbonyl (C=O) groups excluding carboxylic acids is 1. The molecular formula is C18H23N2O3P. The molecule has 1 aromatic heterocycles. The van der Waals surface area contributed by atoms with Crippen LogP contribution in [0.3, 0.4) is 0 Å². The molecule has 2 N–H and O–H groups in total. The van der Waals surface area contributed by atoms with Crippen molar-refractivity contribution >= 4 is 24.2 Å². The third-order valence-electron chi connectivity index (χ3n) is 3.67. The summed E-state index contributed by atoms with van der Waals surface area (Å²) < 4.78 is 12.1. The Morgan fingerprint density at radius 3 is 2.42 bits per heavy atom. The number of pyridine rings is 1. The highest BCUT2D eigenvalue weighted by Gasteiger charge is 2.18. The minimum absolute atomic E-state index is 0.00212. The van der Waals surface area contributed by atoms with Gasteiger partial charge in [-0.2, -0.15) is 0 Å². The lowest BCUT2D eigenvalue weighted by Crippen LogP contribution is -2.17. The van der Waals surface area contributed by atoms with Crippen LogP contribution in [-0.4, -0.2) is 29.3 Å². The normalized spacial score (nSPS) is 12.0. The highest BCUT2D eigenvalue weighted by Crippen LogP contribution is 2.34. The summed E-state index contributed by atoms with van der Waals surface area (Å²) in [5.74, 6) is -0.379. The van der Waals surface area contributed by atoms with Gasteiger partial charge in [0.25, 0.3) is 5.91 Å². The fraction of sp³-hybridized carbons (Fsp3) is 0.333. The molecule has 5 nitrogen and oxygen atoms in total. The molecular weight excluding hydrogens is 323 g/mol. The first-order chi connectivity index (χ1) is 11.0. The van der Waals surface area contributed by atoms with Crippen molar-refractivity contribution < 1.29 is 14.5 Å². The number of aromatic nitrogens is 1. The van der Waals surface area contributed by atoms with Gasteiger partial charge in [-0.15, -0.1) is 0 Å². The molecule has 2 rings (SSSR count). The van der Waals surface area contributed by atoms with E-state index in [4.69, 9.17) is 0 Å². The van der Waals surface area contributed by atoms with Crippen LogP contribution in [0, 0.1) is 0 Å². The van der Waals surface area contributed by atoms with Crippen molar-refractivity contribution in [3.63, 3.8) is 0 Å². The van der Waals surface area contributed by atoms with Crippen LogP contribution >= 0.6 is 7.14 Å². The number of aromatic hydroxyl groups is 1. The first-order valence-electron chi connectivity index (χ1n) is 7.65. The molecule has 0 aliphatic rings. The van der Waals surface area contributed by atoms with Gasteiger partial charge in [0.1, 0.15) is 18.3 Å². The van der Waals surface area contributed by atoms with Crippen molar-refractivity contribution in [2.75, 3.05) is 18.6 Å². The lowest BCUT2D eigenvalue weighted by atomic mass is 9.87. The molecule has 0 aliphatic heterocycles. The van der Waals surface area contributed by atoms with Crippen molar-refractivity contribution in [2.24, 2.45) is 0 Å². The van der Waals surface area contributed by atoms with Gasteiger partial charge in [0.15, 0.2) is 0 Å². The third kappa shape index (κ3) is 4.24. The molecule has 24 heavy (non-hydrogen) atoms. The topological polar surface area (TPSA) is 79.3 Å². The zero-order chi connectivity index (χ0) is 18.1. The summed E-state index contributed by atoms with van der Waals surface area (Å²) in [6.45, 7) is 9.38. The van der Waals surface area contributed by atoms with Crippen molar-refractivity contribution in [3.05, 3.63) is 47.7 Å². The first kappa shape index (κ1) is 18.2. The average Bonchev–Trinajstić information content (AvgIpc) is 2.47. The maximum atomic E-state index is 12.5. The van der Waals surface area contributed by atoms with Crippen molar-refractivity contribution in [2.45, 2.75) is 26.2 Å². The molecule has 1 aromatic carbocycles. The van der Waals surface area contributed by atoms with Crippen LogP contribution in [0.15, 0.2) is 36.5 Å². The van der Waals surface area contributed by atoms with Crippen LogP contribution in [0.4, 0.5) is 5.69 Å². The van der Waals surface area contributed by atoms with Gasteiger partial charge in [0, 0.05) is 11.8 Å². The van der Waals surface area contributed by atoms with Gasteiger partial charge >= 0.3 is 0 Å². The maximum Gasteiger partial charge on any atom is 0.255 e. The number of nitrogens with one attached hydrogen (secondary N) is 1. The second-order valence-corrected chi connectivity index (χ2v) is 10.3. The Morgan fingerprint density at radius 2 is 1.83 bits per heavy atom. The van der Waals surface area contributed by atoms with Gasteiger partial charge in [-0.05, 0) is 48.6 Å². The molecule has 6 heteroatoms. The lowest BCUT2D eigenvalue weighted by molar-refractivity contribution is 0.102. The fourth-order valence-electron chi connectivity index (χ4n) is 2.15. The molecule has 0 atom stereocenters. The van der Waals surface area contributed by atoms with E-state index in [0.717, 1.165) is 5.56 Å². The number of carbonyl (C=O) groups is 1. The minimum atomic E-state index is -2.55. The monoisotopic (exact) mass is 346 g/mol. The fourth-order valence-corrected chi connectivity index (χ4v) is 2.95. The van der Waals surface area contributed by atoms with E-state index >= 15 is 0 Å². The number of rotatable bonds is 3. The Labute approximate surface area is 142 Å². The summed E-state index contributed by atoms with van der Waals surface area (Å²) in [6, 6.07) is 8.25. The summed E-state index contributed by atoms with van der Waals surface area (Å²) in [7, 11) is -2.55. The molecule has 0 aliphatic carbocycles. The molecule has 2 aromatic rings. The molecule has 0 fully saturated rings. The van der Waals surface area contributed by atoms with Crippen LogP contribution in [0.1, 0.15) is 36.7 Å². The number of phenols is 1. The SMILES string of the molecule is CC(C)(C)c1ccc(O)c(NC(=O)c2ccnc(P(C)(C)=O)c2)c1. The van der Waals surface area contributed by atoms with E-state index in [0.29, 0.717) is 16.7 Å². The van der Waals surface area contributed by atoms with E-state index in [-0.39, 0.29) is 17.1 Å². The van der Waals surface area contributed by atoms with Gasteiger partial charge in [0.2, 0.25) is 0 Å². The van der Waals surface area contributed by atoms with Crippen LogP contribution in [0.25, 0.3) is 0 Å². The van der Waals surface area contributed by atoms with Crippen molar-refractivity contribution in [1.29, 1.82) is 0 Å².